The van der Waals surface area contributed by atoms with Crippen LogP contribution in [0.15, 0.2) is 18.2 Å². The molecule has 0 unspecified atom stereocenters. The zero-order valence-electron chi connectivity index (χ0n) is 11.6. The van der Waals surface area contributed by atoms with Crippen molar-refractivity contribution in [3.8, 4) is 0 Å². The SMILES string of the molecule is CC(=O)NC[C@@]1(O)SCCS[C@H]2Cc3c(F)cccc3N21. The highest BCUT2D eigenvalue weighted by Gasteiger charge is 2.46. The van der Waals surface area contributed by atoms with Gasteiger partial charge in [-0.1, -0.05) is 6.07 Å². The first-order valence-corrected chi connectivity index (χ1v) is 8.84. The molecule has 21 heavy (non-hydrogen) atoms. The predicted molar refractivity (Wildman–Crippen MR) is 84.9 cm³/mol. The second kappa shape index (κ2) is 5.70. The normalized spacial score (nSPS) is 27.8. The summed E-state index contributed by atoms with van der Waals surface area (Å²) < 4.78 is 14.0. The van der Waals surface area contributed by atoms with Crippen LogP contribution in [-0.4, -0.2) is 39.5 Å². The van der Waals surface area contributed by atoms with E-state index < -0.39 is 5.06 Å². The zero-order chi connectivity index (χ0) is 15.0. The maximum Gasteiger partial charge on any atom is 0.217 e. The van der Waals surface area contributed by atoms with Gasteiger partial charge in [-0.25, -0.2) is 4.39 Å². The monoisotopic (exact) mass is 328 g/mol. The van der Waals surface area contributed by atoms with Crippen LogP contribution in [0.1, 0.15) is 12.5 Å². The molecule has 2 aliphatic heterocycles. The number of thioether (sulfide) groups is 2. The van der Waals surface area contributed by atoms with Crippen molar-refractivity contribution < 1.29 is 14.3 Å². The lowest BCUT2D eigenvalue weighted by Crippen LogP contribution is -2.55. The van der Waals surface area contributed by atoms with E-state index in [4.69, 9.17) is 0 Å². The van der Waals surface area contributed by atoms with E-state index >= 15 is 0 Å². The summed E-state index contributed by atoms with van der Waals surface area (Å²) in [6, 6.07) is 4.95. The highest BCUT2D eigenvalue weighted by molar-refractivity contribution is 8.04. The van der Waals surface area contributed by atoms with Gasteiger partial charge in [0.25, 0.3) is 0 Å². The third-order valence-electron chi connectivity index (χ3n) is 3.69. The Hall–Kier alpha value is -0.920. The summed E-state index contributed by atoms with van der Waals surface area (Å²) in [5, 5.41) is 12.5. The van der Waals surface area contributed by atoms with Gasteiger partial charge in [0, 0.05) is 36.1 Å². The van der Waals surface area contributed by atoms with Crippen LogP contribution in [0, 0.1) is 5.82 Å². The van der Waals surface area contributed by atoms with Crippen molar-refractivity contribution in [2.24, 2.45) is 0 Å². The quantitative estimate of drug-likeness (QED) is 0.867. The van der Waals surface area contributed by atoms with Gasteiger partial charge in [-0.2, -0.15) is 0 Å². The minimum absolute atomic E-state index is 0.00524. The Labute approximate surface area is 131 Å². The molecule has 1 aromatic rings. The molecule has 114 valence electrons. The third kappa shape index (κ3) is 2.74. The average molecular weight is 328 g/mol. The predicted octanol–water partition coefficient (Wildman–Crippen LogP) is 1.78. The Morgan fingerprint density at radius 3 is 3.14 bits per heavy atom. The number of amides is 1. The summed E-state index contributed by atoms with van der Waals surface area (Å²) in [4.78, 5) is 13.1. The van der Waals surface area contributed by atoms with E-state index in [1.165, 1.54) is 24.8 Å². The number of carbonyl (C=O) groups excluding carboxylic acids is 1. The van der Waals surface area contributed by atoms with E-state index in [1.54, 1.807) is 17.8 Å². The lowest BCUT2D eigenvalue weighted by molar-refractivity contribution is -0.119. The number of fused-ring (bicyclic) bond motifs is 3. The fraction of sp³-hybridized carbons (Fsp3) is 0.500. The van der Waals surface area contributed by atoms with Crippen molar-refractivity contribution in [1.29, 1.82) is 0 Å². The summed E-state index contributed by atoms with van der Waals surface area (Å²) in [6.45, 7) is 1.55. The third-order valence-corrected chi connectivity index (χ3v) is 6.36. The van der Waals surface area contributed by atoms with Crippen molar-refractivity contribution in [2.75, 3.05) is 23.0 Å². The van der Waals surface area contributed by atoms with Crippen LogP contribution < -0.4 is 10.2 Å². The fourth-order valence-corrected chi connectivity index (χ4v) is 5.42. The van der Waals surface area contributed by atoms with Crippen LogP contribution in [0.3, 0.4) is 0 Å². The average Bonchev–Trinajstić information content (AvgIpc) is 2.74. The molecule has 0 aromatic heterocycles. The number of halogens is 1. The molecule has 0 aliphatic carbocycles. The Balaban J connectivity index is 1.98. The summed E-state index contributed by atoms with van der Waals surface area (Å²) in [7, 11) is 0. The smallest absolute Gasteiger partial charge is 0.217 e. The van der Waals surface area contributed by atoms with Gasteiger partial charge in [0.05, 0.1) is 11.9 Å². The van der Waals surface area contributed by atoms with Gasteiger partial charge in [0.2, 0.25) is 11.0 Å². The molecule has 1 fully saturated rings. The van der Waals surface area contributed by atoms with Crippen molar-refractivity contribution in [2.45, 2.75) is 23.8 Å². The summed E-state index contributed by atoms with van der Waals surface area (Å²) in [5.41, 5.74) is 1.38. The minimum atomic E-state index is -1.24. The molecule has 2 atom stereocenters. The first kappa shape index (κ1) is 15.0. The summed E-state index contributed by atoms with van der Waals surface area (Å²) in [6.07, 6.45) is 0.579. The molecular weight excluding hydrogens is 311 g/mol. The van der Waals surface area contributed by atoms with Crippen molar-refractivity contribution in [1.82, 2.24) is 5.32 Å². The van der Waals surface area contributed by atoms with Crippen molar-refractivity contribution in [3.05, 3.63) is 29.6 Å². The molecule has 2 aliphatic rings. The Kier molecular flexibility index (Phi) is 4.07. The molecule has 4 nitrogen and oxygen atoms in total. The number of benzene rings is 1. The molecule has 2 heterocycles. The van der Waals surface area contributed by atoms with Crippen LogP contribution in [0.2, 0.25) is 0 Å². The number of carbonyl (C=O) groups is 1. The minimum Gasteiger partial charge on any atom is -0.361 e. The van der Waals surface area contributed by atoms with E-state index in [1.807, 2.05) is 11.0 Å². The van der Waals surface area contributed by atoms with Crippen LogP contribution in [0.5, 0.6) is 0 Å². The van der Waals surface area contributed by atoms with Crippen LogP contribution in [0.25, 0.3) is 0 Å². The van der Waals surface area contributed by atoms with Gasteiger partial charge >= 0.3 is 0 Å². The molecule has 1 saturated heterocycles. The van der Waals surface area contributed by atoms with Gasteiger partial charge in [0.15, 0.2) is 0 Å². The summed E-state index contributed by atoms with van der Waals surface area (Å²) in [5.74, 6) is 1.27. The number of anilines is 1. The van der Waals surface area contributed by atoms with Crippen molar-refractivity contribution >= 4 is 35.1 Å². The molecule has 0 bridgehead atoms. The maximum absolute atomic E-state index is 14.0. The lowest BCUT2D eigenvalue weighted by Gasteiger charge is -2.40. The second-order valence-electron chi connectivity index (χ2n) is 5.14. The number of nitrogens with zero attached hydrogens (tertiary/aromatic N) is 1. The lowest BCUT2D eigenvalue weighted by atomic mass is 10.1. The molecule has 3 rings (SSSR count). The standard InChI is InChI=1S/C14H17FN2O2S2/c1-9(18)16-8-14(19)17-12-4-2-3-11(15)10(12)7-13(17)20-5-6-21-14/h2-4,13,19H,5-8H2,1H3,(H,16,18)/t13-,14+/m0/s1. The van der Waals surface area contributed by atoms with E-state index in [0.717, 1.165) is 17.2 Å². The van der Waals surface area contributed by atoms with E-state index in [0.29, 0.717) is 12.0 Å². The number of nitrogens with one attached hydrogen (secondary N) is 1. The highest BCUT2D eigenvalue weighted by Crippen LogP contribution is 2.47. The summed E-state index contributed by atoms with van der Waals surface area (Å²) >= 11 is 3.12. The first-order chi connectivity index (χ1) is 10.0. The maximum atomic E-state index is 14.0. The molecule has 0 saturated carbocycles. The Morgan fingerprint density at radius 1 is 1.57 bits per heavy atom. The number of hydrogen-bond donors (Lipinski definition) is 2. The first-order valence-electron chi connectivity index (χ1n) is 6.80. The molecule has 1 amide bonds. The van der Waals surface area contributed by atoms with E-state index in [9.17, 15) is 14.3 Å². The fourth-order valence-electron chi connectivity index (χ4n) is 2.78. The van der Waals surface area contributed by atoms with Crippen LogP contribution in [0.4, 0.5) is 10.1 Å². The van der Waals surface area contributed by atoms with Crippen molar-refractivity contribution in [3.63, 3.8) is 0 Å². The van der Waals surface area contributed by atoms with Crippen LogP contribution >= 0.6 is 23.5 Å². The second-order valence-corrected chi connectivity index (χ2v) is 7.77. The van der Waals surface area contributed by atoms with E-state index in [2.05, 4.69) is 5.32 Å². The number of hydrogen-bond acceptors (Lipinski definition) is 5. The Morgan fingerprint density at radius 2 is 2.38 bits per heavy atom. The number of rotatable bonds is 2. The largest absolute Gasteiger partial charge is 0.361 e. The van der Waals surface area contributed by atoms with Gasteiger partial charge in [0.1, 0.15) is 5.82 Å². The molecule has 7 heteroatoms. The van der Waals surface area contributed by atoms with Gasteiger partial charge in [-0.05, 0) is 12.1 Å². The zero-order valence-corrected chi connectivity index (χ0v) is 13.3. The number of aliphatic hydroxyl groups is 1. The molecular formula is C14H17FN2O2S2. The van der Waals surface area contributed by atoms with Crippen LogP contribution in [-0.2, 0) is 11.2 Å². The Bertz CT molecular complexity index is 572. The molecule has 2 N–H and O–H groups in total. The highest BCUT2D eigenvalue weighted by atomic mass is 32.2. The van der Waals surface area contributed by atoms with E-state index in [-0.39, 0.29) is 23.6 Å². The topological polar surface area (TPSA) is 52.6 Å². The molecule has 1 aromatic carbocycles. The molecule has 0 spiro atoms. The van der Waals surface area contributed by atoms with Gasteiger partial charge in [-0.15, -0.1) is 23.5 Å². The molecule has 0 radical (unpaired) electrons. The van der Waals surface area contributed by atoms with Gasteiger partial charge < -0.3 is 15.3 Å². The van der Waals surface area contributed by atoms with Gasteiger partial charge in [-0.3, -0.25) is 4.79 Å².